The SMILES string of the molecule is Cl.N=C(CC(=O)c1ccccc1)Sc1ccccc1. The number of rotatable bonds is 4. The smallest absolute Gasteiger partial charge is 0.169 e. The van der Waals surface area contributed by atoms with Gasteiger partial charge in [-0.3, -0.25) is 10.2 Å². The summed E-state index contributed by atoms with van der Waals surface area (Å²) in [6, 6.07) is 18.8. The molecule has 0 aliphatic rings. The summed E-state index contributed by atoms with van der Waals surface area (Å²) < 4.78 is 0. The van der Waals surface area contributed by atoms with E-state index >= 15 is 0 Å². The second-order valence-corrected chi connectivity index (χ2v) is 4.97. The van der Waals surface area contributed by atoms with E-state index in [4.69, 9.17) is 5.41 Å². The maximum Gasteiger partial charge on any atom is 0.169 e. The lowest BCUT2D eigenvalue weighted by atomic mass is 10.1. The van der Waals surface area contributed by atoms with Crippen LogP contribution in [0.4, 0.5) is 0 Å². The average molecular weight is 292 g/mol. The van der Waals surface area contributed by atoms with E-state index in [1.165, 1.54) is 11.8 Å². The van der Waals surface area contributed by atoms with Crippen molar-refractivity contribution in [3.63, 3.8) is 0 Å². The summed E-state index contributed by atoms with van der Waals surface area (Å²) >= 11 is 1.33. The van der Waals surface area contributed by atoms with Crippen LogP contribution in [0.25, 0.3) is 0 Å². The number of carbonyl (C=O) groups is 1. The molecule has 0 spiro atoms. The van der Waals surface area contributed by atoms with Gasteiger partial charge in [-0.1, -0.05) is 60.3 Å². The molecule has 0 saturated carbocycles. The summed E-state index contributed by atoms with van der Waals surface area (Å²) in [5.41, 5.74) is 0.663. The first-order valence-corrected chi connectivity index (χ1v) is 6.46. The number of carbonyl (C=O) groups excluding carboxylic acids is 1. The summed E-state index contributed by atoms with van der Waals surface area (Å²) in [6.45, 7) is 0. The number of halogens is 1. The zero-order chi connectivity index (χ0) is 12.8. The van der Waals surface area contributed by atoms with Gasteiger partial charge >= 0.3 is 0 Å². The van der Waals surface area contributed by atoms with Crippen molar-refractivity contribution < 1.29 is 4.79 Å². The molecule has 2 aromatic rings. The molecule has 0 fully saturated rings. The molecule has 1 N–H and O–H groups in total. The molecule has 19 heavy (non-hydrogen) atoms. The molecule has 0 saturated heterocycles. The van der Waals surface area contributed by atoms with Crippen LogP contribution in [0.3, 0.4) is 0 Å². The lowest BCUT2D eigenvalue weighted by molar-refractivity contribution is 0.100. The van der Waals surface area contributed by atoms with Gasteiger partial charge in [-0.05, 0) is 12.1 Å². The van der Waals surface area contributed by atoms with Gasteiger partial charge in [0, 0.05) is 10.5 Å². The summed E-state index contributed by atoms with van der Waals surface area (Å²) in [4.78, 5) is 12.9. The van der Waals surface area contributed by atoms with Gasteiger partial charge in [0.2, 0.25) is 0 Å². The maximum absolute atomic E-state index is 11.9. The van der Waals surface area contributed by atoms with Crippen molar-refractivity contribution in [1.29, 1.82) is 5.41 Å². The molecular weight excluding hydrogens is 278 g/mol. The molecule has 98 valence electrons. The minimum atomic E-state index is -0.0102. The first-order valence-electron chi connectivity index (χ1n) is 5.64. The van der Waals surface area contributed by atoms with Crippen LogP contribution in [-0.2, 0) is 0 Å². The monoisotopic (exact) mass is 291 g/mol. The largest absolute Gasteiger partial charge is 0.298 e. The van der Waals surface area contributed by atoms with Crippen molar-refractivity contribution >= 4 is 35.0 Å². The molecule has 2 nitrogen and oxygen atoms in total. The molecule has 0 radical (unpaired) electrons. The number of nitrogens with one attached hydrogen (secondary N) is 1. The fourth-order valence-corrected chi connectivity index (χ4v) is 2.32. The third-order valence-corrected chi connectivity index (χ3v) is 3.30. The predicted molar refractivity (Wildman–Crippen MR) is 82.7 cm³/mol. The van der Waals surface area contributed by atoms with Crippen LogP contribution in [0, 0.1) is 5.41 Å². The molecule has 4 heteroatoms. The summed E-state index contributed by atoms with van der Waals surface area (Å²) in [5.74, 6) is -0.0102. The van der Waals surface area contributed by atoms with E-state index < -0.39 is 0 Å². The van der Waals surface area contributed by atoms with Crippen LogP contribution in [0.5, 0.6) is 0 Å². The second kappa shape index (κ2) is 7.77. The van der Waals surface area contributed by atoms with E-state index in [0.717, 1.165) is 4.90 Å². The number of ketones is 1. The molecular formula is C15H14ClNOS. The van der Waals surface area contributed by atoms with Gasteiger partial charge in [0.25, 0.3) is 0 Å². The molecule has 0 aliphatic heterocycles. The lowest BCUT2D eigenvalue weighted by Gasteiger charge is -2.03. The van der Waals surface area contributed by atoms with E-state index in [1.54, 1.807) is 12.1 Å². The Morgan fingerprint density at radius 1 is 0.947 bits per heavy atom. The average Bonchev–Trinajstić information content (AvgIpc) is 2.40. The van der Waals surface area contributed by atoms with Crippen molar-refractivity contribution in [2.75, 3.05) is 0 Å². The minimum Gasteiger partial charge on any atom is -0.298 e. The van der Waals surface area contributed by atoms with Crippen molar-refractivity contribution in [1.82, 2.24) is 0 Å². The predicted octanol–water partition coefficient (Wildman–Crippen LogP) is 4.45. The van der Waals surface area contributed by atoms with Crippen LogP contribution in [0.2, 0.25) is 0 Å². The third-order valence-electron chi connectivity index (χ3n) is 2.40. The van der Waals surface area contributed by atoms with E-state index in [9.17, 15) is 4.79 Å². The Labute approximate surface area is 123 Å². The van der Waals surface area contributed by atoms with Crippen molar-refractivity contribution in [3.8, 4) is 0 Å². The quantitative estimate of drug-likeness (QED) is 0.391. The third kappa shape index (κ3) is 4.89. The lowest BCUT2D eigenvalue weighted by Crippen LogP contribution is -2.04. The fourth-order valence-electron chi connectivity index (χ4n) is 1.54. The Morgan fingerprint density at radius 2 is 1.47 bits per heavy atom. The van der Waals surface area contributed by atoms with Gasteiger partial charge in [0.05, 0.1) is 11.5 Å². The Balaban J connectivity index is 0.00000180. The maximum atomic E-state index is 11.9. The topological polar surface area (TPSA) is 40.9 Å². The van der Waals surface area contributed by atoms with E-state index in [0.29, 0.717) is 10.6 Å². The van der Waals surface area contributed by atoms with Gasteiger partial charge in [-0.15, -0.1) is 12.4 Å². The molecule has 2 rings (SSSR count). The molecule has 0 amide bonds. The molecule has 0 atom stereocenters. The highest BCUT2D eigenvalue weighted by molar-refractivity contribution is 8.13. The number of hydrogen-bond donors (Lipinski definition) is 1. The van der Waals surface area contributed by atoms with Crippen molar-refractivity contribution in [2.24, 2.45) is 0 Å². The Kier molecular flexibility index (Phi) is 6.33. The minimum absolute atomic E-state index is 0. The summed E-state index contributed by atoms with van der Waals surface area (Å²) in [7, 11) is 0. The first-order chi connectivity index (χ1) is 8.75. The fraction of sp³-hybridized carbons (Fsp3) is 0.0667. The zero-order valence-electron chi connectivity index (χ0n) is 10.2. The molecule has 2 aromatic carbocycles. The van der Waals surface area contributed by atoms with Gasteiger partial charge in [0.15, 0.2) is 5.78 Å². The van der Waals surface area contributed by atoms with Crippen LogP contribution in [-0.4, -0.2) is 10.8 Å². The second-order valence-electron chi connectivity index (χ2n) is 3.80. The van der Waals surface area contributed by atoms with Crippen LogP contribution in [0.15, 0.2) is 65.6 Å². The highest BCUT2D eigenvalue weighted by atomic mass is 35.5. The van der Waals surface area contributed by atoms with E-state index in [2.05, 4.69) is 0 Å². The van der Waals surface area contributed by atoms with Crippen molar-refractivity contribution in [2.45, 2.75) is 11.3 Å². The molecule has 0 aromatic heterocycles. The number of hydrogen-bond acceptors (Lipinski definition) is 3. The normalized spacial score (nSPS) is 9.47. The van der Waals surface area contributed by atoms with Gasteiger partial charge in [0.1, 0.15) is 0 Å². The van der Waals surface area contributed by atoms with Gasteiger partial charge < -0.3 is 0 Å². The van der Waals surface area contributed by atoms with E-state index in [-0.39, 0.29) is 24.6 Å². The summed E-state index contributed by atoms with van der Waals surface area (Å²) in [6.07, 6.45) is 0.156. The van der Waals surface area contributed by atoms with Crippen molar-refractivity contribution in [3.05, 3.63) is 66.2 Å². The molecule has 0 bridgehead atoms. The van der Waals surface area contributed by atoms with Crippen LogP contribution >= 0.6 is 24.2 Å². The summed E-state index contributed by atoms with van der Waals surface area (Å²) in [5, 5.41) is 8.22. The first kappa shape index (κ1) is 15.5. The molecule has 0 unspecified atom stereocenters. The number of benzene rings is 2. The number of Topliss-reactive ketones (excluding diaryl/α,β-unsaturated/α-hetero) is 1. The van der Waals surface area contributed by atoms with Crippen LogP contribution < -0.4 is 0 Å². The van der Waals surface area contributed by atoms with E-state index in [1.807, 2.05) is 48.5 Å². The molecule has 0 heterocycles. The Bertz CT molecular complexity index is 543. The highest BCUT2D eigenvalue weighted by Crippen LogP contribution is 2.20. The van der Waals surface area contributed by atoms with Gasteiger partial charge in [-0.2, -0.15) is 0 Å². The molecule has 0 aliphatic carbocycles. The Hall–Kier alpha value is -1.58. The zero-order valence-corrected chi connectivity index (χ0v) is 11.8. The number of thioether (sulfide) groups is 1. The van der Waals surface area contributed by atoms with Crippen LogP contribution in [0.1, 0.15) is 16.8 Å². The standard InChI is InChI=1S/C15H13NOS.ClH/c16-15(18-13-9-5-2-6-10-13)11-14(17)12-7-3-1-4-8-12;/h1-10,16H,11H2;1H. The van der Waals surface area contributed by atoms with Gasteiger partial charge in [-0.25, -0.2) is 0 Å². The Morgan fingerprint density at radius 3 is 2.05 bits per heavy atom. The highest BCUT2D eigenvalue weighted by Gasteiger charge is 2.09.